The molecule has 0 aliphatic heterocycles. The van der Waals surface area contributed by atoms with Crippen molar-refractivity contribution >= 4 is 15.9 Å². The van der Waals surface area contributed by atoms with Crippen molar-refractivity contribution < 1.29 is 0 Å². The van der Waals surface area contributed by atoms with Gasteiger partial charge < -0.3 is 0 Å². The molecule has 1 heteroatoms. The SMILES string of the molecule is CCCCCC1CCC(C2CCC(c3ccc(Br)cc3)CC2)CC1. The van der Waals surface area contributed by atoms with Gasteiger partial charge in [-0.15, -0.1) is 0 Å². The second-order valence-corrected chi connectivity index (χ2v) is 9.36. The van der Waals surface area contributed by atoms with Gasteiger partial charge in [-0.3, -0.25) is 0 Å². The summed E-state index contributed by atoms with van der Waals surface area (Å²) in [4.78, 5) is 0. The molecule has 0 spiro atoms. The van der Waals surface area contributed by atoms with Gasteiger partial charge in [-0.25, -0.2) is 0 Å². The highest BCUT2D eigenvalue weighted by Crippen LogP contribution is 2.44. The van der Waals surface area contributed by atoms with Crippen LogP contribution in [0.5, 0.6) is 0 Å². The largest absolute Gasteiger partial charge is 0.0654 e. The third-order valence-electron chi connectivity index (χ3n) is 6.89. The molecule has 1 aromatic rings. The minimum atomic E-state index is 0.819. The summed E-state index contributed by atoms with van der Waals surface area (Å²) in [6.07, 6.45) is 17.7. The summed E-state index contributed by atoms with van der Waals surface area (Å²) in [5.41, 5.74) is 1.57. The van der Waals surface area contributed by atoms with Gasteiger partial charge in [0.2, 0.25) is 0 Å². The Kier molecular flexibility index (Phi) is 7.25. The zero-order valence-corrected chi connectivity index (χ0v) is 17.1. The molecule has 0 saturated heterocycles. The molecule has 2 saturated carbocycles. The van der Waals surface area contributed by atoms with Crippen LogP contribution in [0.25, 0.3) is 0 Å². The van der Waals surface area contributed by atoms with Gasteiger partial charge in [0, 0.05) is 4.47 Å². The molecule has 0 heterocycles. The van der Waals surface area contributed by atoms with Crippen molar-refractivity contribution in [1.82, 2.24) is 0 Å². The Morgan fingerprint density at radius 2 is 1.38 bits per heavy atom. The van der Waals surface area contributed by atoms with Gasteiger partial charge in [0.15, 0.2) is 0 Å². The minimum Gasteiger partial charge on any atom is -0.0654 e. The molecule has 2 aliphatic rings. The van der Waals surface area contributed by atoms with Crippen molar-refractivity contribution in [2.75, 3.05) is 0 Å². The predicted octanol–water partition coefficient (Wildman–Crippen LogP) is 8.11. The Labute approximate surface area is 157 Å². The zero-order chi connectivity index (χ0) is 16.8. The molecule has 0 N–H and O–H groups in total. The summed E-state index contributed by atoms with van der Waals surface area (Å²) in [6, 6.07) is 9.08. The highest BCUT2D eigenvalue weighted by Gasteiger charge is 2.31. The Morgan fingerprint density at radius 1 is 0.792 bits per heavy atom. The van der Waals surface area contributed by atoms with Gasteiger partial charge in [0.1, 0.15) is 0 Å². The zero-order valence-electron chi connectivity index (χ0n) is 15.5. The molecular weight excluding hydrogens is 356 g/mol. The number of rotatable bonds is 6. The summed E-state index contributed by atoms with van der Waals surface area (Å²) in [6.45, 7) is 2.32. The molecule has 0 unspecified atom stereocenters. The highest BCUT2D eigenvalue weighted by molar-refractivity contribution is 9.10. The van der Waals surface area contributed by atoms with Crippen LogP contribution in [0.15, 0.2) is 28.7 Å². The molecule has 24 heavy (non-hydrogen) atoms. The lowest BCUT2D eigenvalue weighted by Crippen LogP contribution is -2.25. The van der Waals surface area contributed by atoms with Gasteiger partial charge >= 0.3 is 0 Å². The fourth-order valence-corrected chi connectivity index (χ4v) is 5.55. The third kappa shape index (κ3) is 5.10. The maximum atomic E-state index is 3.56. The normalized spacial score (nSPS) is 31.1. The molecule has 0 amide bonds. The molecule has 0 aromatic heterocycles. The molecule has 0 radical (unpaired) electrons. The first-order valence-corrected chi connectivity index (χ1v) is 11.3. The van der Waals surface area contributed by atoms with Crippen molar-refractivity contribution in [3.05, 3.63) is 34.3 Å². The van der Waals surface area contributed by atoms with E-state index in [1.807, 2.05) is 0 Å². The number of unbranched alkanes of at least 4 members (excludes halogenated alkanes) is 2. The first-order chi connectivity index (χ1) is 11.8. The lowest BCUT2D eigenvalue weighted by molar-refractivity contribution is 0.155. The molecule has 134 valence electrons. The monoisotopic (exact) mass is 390 g/mol. The Bertz CT molecular complexity index is 461. The highest BCUT2D eigenvalue weighted by atomic mass is 79.9. The lowest BCUT2D eigenvalue weighted by Gasteiger charge is -2.38. The average molecular weight is 391 g/mol. The van der Waals surface area contributed by atoms with Crippen molar-refractivity contribution in [2.45, 2.75) is 89.9 Å². The van der Waals surface area contributed by atoms with Crippen LogP contribution in [-0.2, 0) is 0 Å². The van der Waals surface area contributed by atoms with Crippen LogP contribution in [0.4, 0.5) is 0 Å². The van der Waals surface area contributed by atoms with Crippen LogP contribution in [0, 0.1) is 17.8 Å². The molecule has 3 rings (SSSR count). The quantitative estimate of drug-likeness (QED) is 0.430. The van der Waals surface area contributed by atoms with Crippen molar-refractivity contribution in [3.8, 4) is 0 Å². The van der Waals surface area contributed by atoms with Crippen LogP contribution in [0.1, 0.15) is 95.5 Å². The Hall–Kier alpha value is -0.300. The Morgan fingerprint density at radius 3 is 1.96 bits per heavy atom. The summed E-state index contributed by atoms with van der Waals surface area (Å²) in [5, 5.41) is 0. The maximum absolute atomic E-state index is 3.56. The molecule has 0 atom stereocenters. The number of hydrogen-bond donors (Lipinski definition) is 0. The van der Waals surface area contributed by atoms with Crippen LogP contribution in [0.2, 0.25) is 0 Å². The first kappa shape index (κ1) is 18.5. The van der Waals surface area contributed by atoms with Gasteiger partial charge in [-0.05, 0) is 79.9 Å². The lowest BCUT2D eigenvalue weighted by atomic mass is 9.68. The van der Waals surface area contributed by atoms with E-state index in [0.717, 1.165) is 23.7 Å². The summed E-state index contributed by atoms with van der Waals surface area (Å²) in [5.74, 6) is 3.97. The summed E-state index contributed by atoms with van der Waals surface area (Å²) < 4.78 is 1.20. The second kappa shape index (κ2) is 9.41. The fourth-order valence-electron chi connectivity index (χ4n) is 5.29. The molecule has 0 bridgehead atoms. The van der Waals surface area contributed by atoms with E-state index in [2.05, 4.69) is 47.1 Å². The van der Waals surface area contributed by atoms with E-state index < -0.39 is 0 Å². The van der Waals surface area contributed by atoms with E-state index in [1.165, 1.54) is 81.5 Å². The van der Waals surface area contributed by atoms with Crippen LogP contribution in [0.3, 0.4) is 0 Å². The number of halogens is 1. The van der Waals surface area contributed by atoms with Crippen molar-refractivity contribution in [2.24, 2.45) is 17.8 Å². The first-order valence-electron chi connectivity index (χ1n) is 10.5. The van der Waals surface area contributed by atoms with Crippen LogP contribution < -0.4 is 0 Å². The fraction of sp³-hybridized carbons (Fsp3) is 0.739. The molecule has 2 aliphatic carbocycles. The van der Waals surface area contributed by atoms with Crippen LogP contribution in [-0.4, -0.2) is 0 Å². The van der Waals surface area contributed by atoms with E-state index in [1.54, 1.807) is 5.56 Å². The predicted molar refractivity (Wildman–Crippen MR) is 108 cm³/mol. The third-order valence-corrected chi connectivity index (χ3v) is 7.42. The van der Waals surface area contributed by atoms with E-state index in [4.69, 9.17) is 0 Å². The average Bonchev–Trinajstić information content (AvgIpc) is 2.63. The molecule has 0 nitrogen and oxygen atoms in total. The topological polar surface area (TPSA) is 0 Å². The molecule has 2 fully saturated rings. The van der Waals surface area contributed by atoms with E-state index in [-0.39, 0.29) is 0 Å². The van der Waals surface area contributed by atoms with Gasteiger partial charge in [0.25, 0.3) is 0 Å². The van der Waals surface area contributed by atoms with Gasteiger partial charge in [-0.1, -0.05) is 73.5 Å². The maximum Gasteiger partial charge on any atom is 0.0175 e. The second-order valence-electron chi connectivity index (χ2n) is 8.44. The van der Waals surface area contributed by atoms with E-state index in [9.17, 15) is 0 Å². The van der Waals surface area contributed by atoms with Crippen LogP contribution >= 0.6 is 15.9 Å². The summed E-state index contributed by atoms with van der Waals surface area (Å²) >= 11 is 3.56. The minimum absolute atomic E-state index is 0.819. The summed E-state index contributed by atoms with van der Waals surface area (Å²) in [7, 11) is 0. The molecular formula is C23H35Br. The standard InChI is InChI=1S/C23H35Br/c1-2-3-4-5-18-6-8-19(9-7-18)20-10-12-21(13-11-20)22-14-16-23(24)17-15-22/h14-21H,2-13H2,1H3. The van der Waals surface area contributed by atoms with Gasteiger partial charge in [-0.2, -0.15) is 0 Å². The van der Waals surface area contributed by atoms with E-state index in [0.29, 0.717) is 0 Å². The molecule has 1 aromatic carbocycles. The smallest absolute Gasteiger partial charge is 0.0175 e. The number of benzene rings is 1. The number of hydrogen-bond acceptors (Lipinski definition) is 0. The van der Waals surface area contributed by atoms with E-state index >= 15 is 0 Å². The van der Waals surface area contributed by atoms with Crippen molar-refractivity contribution in [3.63, 3.8) is 0 Å². The van der Waals surface area contributed by atoms with Crippen molar-refractivity contribution in [1.29, 1.82) is 0 Å². The van der Waals surface area contributed by atoms with Gasteiger partial charge in [0.05, 0.1) is 0 Å². The Balaban J connectivity index is 1.40.